The number of nitrogen functional groups attached to an aromatic ring is 1. The van der Waals surface area contributed by atoms with Gasteiger partial charge in [-0.2, -0.15) is 0 Å². The molecule has 140 valence electrons. The number of nitrogens with two attached hydrogens (primary N) is 1. The maximum Gasteiger partial charge on any atom is 0.292 e. The smallest absolute Gasteiger partial charge is 0.292 e. The summed E-state index contributed by atoms with van der Waals surface area (Å²) in [6.07, 6.45) is 9.21. The maximum absolute atomic E-state index is 5.68. The summed E-state index contributed by atoms with van der Waals surface area (Å²) in [5.74, 6) is 3.55. The highest BCUT2D eigenvalue weighted by molar-refractivity contribution is 5.52. The van der Waals surface area contributed by atoms with Gasteiger partial charge in [-0.1, -0.05) is 6.42 Å². The van der Waals surface area contributed by atoms with E-state index in [4.69, 9.17) is 14.9 Å². The maximum atomic E-state index is 5.68. The van der Waals surface area contributed by atoms with Crippen LogP contribution in [0, 0.1) is 11.8 Å². The van der Waals surface area contributed by atoms with E-state index >= 15 is 0 Å². The van der Waals surface area contributed by atoms with Gasteiger partial charge in [0.15, 0.2) is 5.76 Å². The van der Waals surface area contributed by atoms with E-state index in [-0.39, 0.29) is 6.01 Å². The van der Waals surface area contributed by atoms with Crippen LogP contribution < -0.4 is 10.6 Å². The van der Waals surface area contributed by atoms with Crippen molar-refractivity contribution in [1.29, 1.82) is 0 Å². The lowest BCUT2D eigenvalue weighted by Gasteiger charge is -2.38. The van der Waals surface area contributed by atoms with E-state index in [9.17, 15) is 0 Å². The molecule has 1 aliphatic carbocycles. The molecule has 5 rings (SSSR count). The van der Waals surface area contributed by atoms with Crippen molar-refractivity contribution in [3.05, 3.63) is 6.20 Å². The highest BCUT2D eigenvalue weighted by Crippen LogP contribution is 2.39. The van der Waals surface area contributed by atoms with E-state index in [1.54, 1.807) is 6.20 Å². The van der Waals surface area contributed by atoms with Gasteiger partial charge in [0.1, 0.15) is 0 Å². The van der Waals surface area contributed by atoms with Gasteiger partial charge in [-0.05, 0) is 38.0 Å². The van der Waals surface area contributed by atoms with Crippen molar-refractivity contribution < 1.29 is 9.15 Å². The standard InChI is InChI=1S/C18H26N6O2/c19-17-20-9-15(26-17)16-21-22-18(24(16)10-12-6-8-25-11-12)23-7-2-4-13-3-1-5-14(13)23/h9,12-14H,1-8,10-11H2,(H2,19,20). The van der Waals surface area contributed by atoms with Gasteiger partial charge >= 0.3 is 0 Å². The fourth-order valence-electron chi connectivity index (χ4n) is 4.94. The number of hydrogen-bond donors (Lipinski definition) is 1. The minimum Gasteiger partial charge on any atom is -0.420 e. The van der Waals surface area contributed by atoms with E-state index in [1.807, 2.05) is 0 Å². The largest absolute Gasteiger partial charge is 0.420 e. The highest BCUT2D eigenvalue weighted by atomic mass is 16.5. The van der Waals surface area contributed by atoms with Gasteiger partial charge in [-0.25, -0.2) is 4.98 Å². The Labute approximate surface area is 152 Å². The normalized spacial score (nSPS) is 28.6. The van der Waals surface area contributed by atoms with E-state index < -0.39 is 0 Å². The molecule has 2 aliphatic heterocycles. The van der Waals surface area contributed by atoms with Gasteiger partial charge in [0.05, 0.1) is 12.8 Å². The first-order valence-electron chi connectivity index (χ1n) is 9.79. The Morgan fingerprint density at radius 3 is 2.88 bits per heavy atom. The molecular weight excluding hydrogens is 332 g/mol. The highest BCUT2D eigenvalue weighted by Gasteiger charge is 2.38. The second-order valence-electron chi connectivity index (χ2n) is 7.82. The van der Waals surface area contributed by atoms with Crippen LogP contribution in [0.5, 0.6) is 0 Å². The van der Waals surface area contributed by atoms with Crippen LogP contribution in [0.25, 0.3) is 11.6 Å². The summed E-state index contributed by atoms with van der Waals surface area (Å²) in [6.45, 7) is 3.52. The third kappa shape index (κ3) is 2.76. The summed E-state index contributed by atoms with van der Waals surface area (Å²) in [4.78, 5) is 6.53. The van der Waals surface area contributed by atoms with E-state index in [2.05, 4.69) is 24.6 Å². The van der Waals surface area contributed by atoms with Crippen LogP contribution in [-0.2, 0) is 11.3 Å². The topological polar surface area (TPSA) is 95.2 Å². The molecule has 3 aliphatic rings. The SMILES string of the molecule is Nc1ncc(-c2nnc(N3CCCC4CCCC43)n2CC2CCOC2)o1. The van der Waals surface area contributed by atoms with Crippen molar-refractivity contribution >= 4 is 12.0 Å². The summed E-state index contributed by atoms with van der Waals surface area (Å²) in [6, 6.07) is 0.758. The Morgan fingerprint density at radius 1 is 1.15 bits per heavy atom. The van der Waals surface area contributed by atoms with Gasteiger partial charge in [-0.15, -0.1) is 10.2 Å². The Morgan fingerprint density at radius 2 is 2.08 bits per heavy atom. The van der Waals surface area contributed by atoms with Crippen LogP contribution in [0.1, 0.15) is 38.5 Å². The first-order chi connectivity index (χ1) is 12.8. The molecule has 8 heteroatoms. The summed E-state index contributed by atoms with van der Waals surface area (Å²) in [5.41, 5.74) is 5.68. The van der Waals surface area contributed by atoms with Gasteiger partial charge in [0, 0.05) is 31.7 Å². The molecule has 2 aromatic rings. The minimum atomic E-state index is 0.161. The molecule has 26 heavy (non-hydrogen) atoms. The Hall–Kier alpha value is -2.09. The Balaban J connectivity index is 1.52. The third-order valence-electron chi connectivity index (χ3n) is 6.19. The molecule has 0 amide bonds. The predicted octanol–water partition coefficient (Wildman–Crippen LogP) is 2.32. The molecule has 2 aromatic heterocycles. The fraction of sp³-hybridized carbons (Fsp3) is 0.722. The van der Waals surface area contributed by atoms with E-state index in [0.29, 0.717) is 17.7 Å². The third-order valence-corrected chi connectivity index (χ3v) is 6.19. The fourth-order valence-corrected chi connectivity index (χ4v) is 4.94. The zero-order valence-electron chi connectivity index (χ0n) is 15.0. The van der Waals surface area contributed by atoms with E-state index in [0.717, 1.165) is 50.4 Å². The zero-order valence-corrected chi connectivity index (χ0v) is 15.0. The van der Waals surface area contributed by atoms with Crippen LogP contribution in [0.3, 0.4) is 0 Å². The number of oxazole rings is 1. The van der Waals surface area contributed by atoms with Crippen LogP contribution in [0.15, 0.2) is 10.6 Å². The second kappa shape index (κ2) is 6.57. The summed E-state index contributed by atoms with van der Waals surface area (Å²) in [5, 5.41) is 9.07. The zero-order chi connectivity index (χ0) is 17.5. The molecule has 0 spiro atoms. The number of hydrogen-bond acceptors (Lipinski definition) is 7. The van der Waals surface area contributed by atoms with Crippen molar-refractivity contribution in [3.8, 4) is 11.6 Å². The number of nitrogens with zero attached hydrogens (tertiary/aromatic N) is 5. The van der Waals surface area contributed by atoms with Crippen LogP contribution in [0.2, 0.25) is 0 Å². The van der Waals surface area contributed by atoms with Gasteiger partial charge in [-0.3, -0.25) is 4.57 Å². The van der Waals surface area contributed by atoms with Crippen LogP contribution >= 0.6 is 0 Å². The van der Waals surface area contributed by atoms with Gasteiger partial charge < -0.3 is 19.8 Å². The molecule has 0 radical (unpaired) electrons. The minimum absolute atomic E-state index is 0.161. The number of piperidine rings is 1. The lowest BCUT2D eigenvalue weighted by Crippen LogP contribution is -2.44. The average Bonchev–Trinajstić information content (AvgIpc) is 3.42. The van der Waals surface area contributed by atoms with E-state index in [1.165, 1.54) is 32.1 Å². The molecule has 0 bridgehead atoms. The number of anilines is 2. The summed E-state index contributed by atoms with van der Waals surface area (Å²) >= 11 is 0. The molecule has 3 unspecified atom stereocenters. The average molecular weight is 358 g/mol. The lowest BCUT2D eigenvalue weighted by molar-refractivity contribution is 0.182. The van der Waals surface area contributed by atoms with Crippen molar-refractivity contribution in [3.63, 3.8) is 0 Å². The number of fused-ring (bicyclic) bond motifs is 1. The Kier molecular flexibility index (Phi) is 4.07. The van der Waals surface area contributed by atoms with Gasteiger partial charge in [0.2, 0.25) is 11.8 Å². The second-order valence-corrected chi connectivity index (χ2v) is 7.82. The molecule has 8 nitrogen and oxygen atoms in total. The number of aromatic nitrogens is 4. The predicted molar refractivity (Wildman–Crippen MR) is 96.6 cm³/mol. The van der Waals surface area contributed by atoms with Crippen molar-refractivity contribution in [2.24, 2.45) is 11.8 Å². The number of ether oxygens (including phenoxy) is 1. The molecule has 0 aromatic carbocycles. The molecule has 2 N–H and O–H groups in total. The monoisotopic (exact) mass is 358 g/mol. The van der Waals surface area contributed by atoms with Crippen molar-refractivity contribution in [2.45, 2.75) is 51.1 Å². The molecule has 1 saturated carbocycles. The molecule has 2 saturated heterocycles. The van der Waals surface area contributed by atoms with Crippen LogP contribution in [0.4, 0.5) is 12.0 Å². The quantitative estimate of drug-likeness (QED) is 0.896. The van der Waals surface area contributed by atoms with Crippen molar-refractivity contribution in [2.75, 3.05) is 30.4 Å². The summed E-state index contributed by atoms with van der Waals surface area (Å²) in [7, 11) is 0. The molecule has 3 fully saturated rings. The molecule has 3 atom stereocenters. The summed E-state index contributed by atoms with van der Waals surface area (Å²) < 4.78 is 13.4. The first kappa shape index (κ1) is 16.1. The molecular formula is C18H26N6O2. The van der Waals surface area contributed by atoms with Crippen LogP contribution in [-0.4, -0.2) is 45.5 Å². The Bertz CT molecular complexity index is 766. The van der Waals surface area contributed by atoms with Gasteiger partial charge in [0.25, 0.3) is 6.01 Å². The first-order valence-corrected chi connectivity index (χ1v) is 9.79. The van der Waals surface area contributed by atoms with Crippen molar-refractivity contribution in [1.82, 2.24) is 19.7 Å². The lowest BCUT2D eigenvalue weighted by atomic mass is 9.92. The molecule has 4 heterocycles. The number of rotatable bonds is 4.